The third-order valence-electron chi connectivity index (χ3n) is 4.77. The van der Waals surface area contributed by atoms with Crippen molar-refractivity contribution < 1.29 is 23.5 Å². The van der Waals surface area contributed by atoms with Crippen molar-refractivity contribution in [3.05, 3.63) is 84.1 Å². The van der Waals surface area contributed by atoms with Crippen molar-refractivity contribution in [2.45, 2.75) is 6.92 Å². The summed E-state index contributed by atoms with van der Waals surface area (Å²) in [6.45, 7) is 1.67. The van der Waals surface area contributed by atoms with E-state index in [9.17, 15) is 9.59 Å². The largest absolute Gasteiger partial charge is 0.493 e. The van der Waals surface area contributed by atoms with Gasteiger partial charge < -0.3 is 24.5 Å². The van der Waals surface area contributed by atoms with Gasteiger partial charge in [-0.2, -0.15) is 0 Å². The zero-order chi connectivity index (χ0) is 22.5. The Balaban J connectivity index is 1.56. The summed E-state index contributed by atoms with van der Waals surface area (Å²) in [6, 6.07) is 21.6. The summed E-state index contributed by atoms with van der Waals surface area (Å²) in [5, 5.41) is 6.19. The third-order valence-corrected chi connectivity index (χ3v) is 4.77. The van der Waals surface area contributed by atoms with E-state index in [1.54, 1.807) is 48.5 Å². The maximum atomic E-state index is 13.0. The monoisotopic (exact) mass is 430 g/mol. The molecule has 1 heterocycles. The van der Waals surface area contributed by atoms with E-state index in [2.05, 4.69) is 10.6 Å². The van der Waals surface area contributed by atoms with Crippen LogP contribution in [-0.4, -0.2) is 25.5 Å². The number of hydrogen-bond acceptors (Lipinski definition) is 5. The standard InChI is InChI=1S/C25H22N2O5/c1-16-8-7-9-17(14-16)26-25(29)24-23(18-10-3-4-11-19(18)32-24)27-22(28)15-31-21-13-6-5-12-20(21)30-2/h3-14H,15H2,1-2H3,(H,26,29)(H,27,28). The summed E-state index contributed by atoms with van der Waals surface area (Å²) in [7, 11) is 1.53. The number of rotatable bonds is 7. The molecule has 2 N–H and O–H groups in total. The van der Waals surface area contributed by atoms with Crippen molar-refractivity contribution in [2.24, 2.45) is 0 Å². The zero-order valence-corrected chi connectivity index (χ0v) is 17.7. The van der Waals surface area contributed by atoms with Crippen LogP contribution >= 0.6 is 0 Å². The van der Waals surface area contributed by atoms with Crippen molar-refractivity contribution in [1.82, 2.24) is 0 Å². The summed E-state index contributed by atoms with van der Waals surface area (Å²) < 4.78 is 16.6. The molecule has 7 nitrogen and oxygen atoms in total. The number of fused-ring (bicyclic) bond motifs is 1. The van der Waals surface area contributed by atoms with E-state index in [1.165, 1.54) is 7.11 Å². The molecule has 4 rings (SSSR count). The van der Waals surface area contributed by atoms with Crippen LogP contribution in [0, 0.1) is 6.92 Å². The van der Waals surface area contributed by atoms with Crippen molar-refractivity contribution in [3.8, 4) is 11.5 Å². The van der Waals surface area contributed by atoms with Crippen LogP contribution in [0.4, 0.5) is 11.4 Å². The smallest absolute Gasteiger partial charge is 0.293 e. The van der Waals surface area contributed by atoms with Crippen molar-refractivity contribution >= 4 is 34.2 Å². The van der Waals surface area contributed by atoms with Crippen LogP contribution in [0.1, 0.15) is 16.1 Å². The van der Waals surface area contributed by atoms with Gasteiger partial charge in [0.25, 0.3) is 11.8 Å². The molecular weight excluding hydrogens is 408 g/mol. The number of aryl methyl sites for hydroxylation is 1. The fourth-order valence-electron chi connectivity index (χ4n) is 3.30. The minimum atomic E-state index is -0.465. The molecule has 162 valence electrons. The fraction of sp³-hybridized carbons (Fsp3) is 0.120. The van der Waals surface area contributed by atoms with E-state index in [1.807, 2.05) is 31.2 Å². The maximum absolute atomic E-state index is 13.0. The molecule has 0 aliphatic rings. The van der Waals surface area contributed by atoms with E-state index in [4.69, 9.17) is 13.9 Å². The second-order valence-electron chi connectivity index (χ2n) is 7.11. The molecule has 0 bridgehead atoms. The molecule has 1 aromatic heterocycles. The molecule has 0 aliphatic carbocycles. The van der Waals surface area contributed by atoms with Gasteiger partial charge in [0.1, 0.15) is 11.3 Å². The number of nitrogens with one attached hydrogen (secondary N) is 2. The molecule has 0 saturated heterocycles. The number of hydrogen-bond donors (Lipinski definition) is 2. The molecule has 4 aromatic rings. The Bertz CT molecular complexity index is 1280. The highest BCUT2D eigenvalue weighted by atomic mass is 16.5. The first kappa shape index (κ1) is 21.0. The maximum Gasteiger partial charge on any atom is 0.293 e. The van der Waals surface area contributed by atoms with Crippen LogP contribution in [0.3, 0.4) is 0 Å². The van der Waals surface area contributed by atoms with Gasteiger partial charge in [-0.05, 0) is 48.9 Å². The summed E-state index contributed by atoms with van der Waals surface area (Å²) in [6.07, 6.45) is 0. The highest BCUT2D eigenvalue weighted by Crippen LogP contribution is 2.32. The molecule has 3 aromatic carbocycles. The van der Waals surface area contributed by atoms with Crippen molar-refractivity contribution in [3.63, 3.8) is 0 Å². The first-order chi connectivity index (χ1) is 15.5. The van der Waals surface area contributed by atoms with Crippen LogP contribution in [0.25, 0.3) is 11.0 Å². The second-order valence-corrected chi connectivity index (χ2v) is 7.11. The van der Waals surface area contributed by atoms with Gasteiger partial charge in [-0.25, -0.2) is 0 Å². The lowest BCUT2D eigenvalue weighted by atomic mass is 10.2. The number of ether oxygens (including phenoxy) is 2. The van der Waals surface area contributed by atoms with Crippen molar-refractivity contribution in [1.29, 1.82) is 0 Å². The van der Waals surface area contributed by atoms with E-state index >= 15 is 0 Å². The number of para-hydroxylation sites is 3. The first-order valence-corrected chi connectivity index (χ1v) is 10.0. The summed E-state index contributed by atoms with van der Waals surface area (Å²) >= 11 is 0. The Morgan fingerprint density at radius 3 is 2.44 bits per heavy atom. The third kappa shape index (κ3) is 4.57. The lowest BCUT2D eigenvalue weighted by Gasteiger charge is -2.11. The average Bonchev–Trinajstić information content (AvgIpc) is 3.16. The van der Waals surface area contributed by atoms with Crippen LogP contribution < -0.4 is 20.1 Å². The molecule has 32 heavy (non-hydrogen) atoms. The molecule has 0 radical (unpaired) electrons. The van der Waals surface area contributed by atoms with E-state index in [0.717, 1.165) is 5.56 Å². The second kappa shape index (κ2) is 9.26. The lowest BCUT2D eigenvalue weighted by Crippen LogP contribution is -2.22. The number of benzene rings is 3. The van der Waals surface area contributed by atoms with Crippen LogP contribution in [0.5, 0.6) is 11.5 Å². The Labute approximate surface area is 184 Å². The Kier molecular flexibility index (Phi) is 6.07. The minimum Gasteiger partial charge on any atom is -0.493 e. The van der Waals surface area contributed by atoms with Gasteiger partial charge in [-0.15, -0.1) is 0 Å². The van der Waals surface area contributed by atoms with Gasteiger partial charge in [0, 0.05) is 11.1 Å². The van der Waals surface area contributed by atoms with Crippen LogP contribution in [-0.2, 0) is 4.79 Å². The van der Waals surface area contributed by atoms with Crippen LogP contribution in [0.15, 0.2) is 77.2 Å². The quantitative estimate of drug-likeness (QED) is 0.430. The highest BCUT2D eigenvalue weighted by Gasteiger charge is 2.22. The van der Waals surface area contributed by atoms with E-state index < -0.39 is 11.8 Å². The van der Waals surface area contributed by atoms with Crippen molar-refractivity contribution in [2.75, 3.05) is 24.4 Å². The van der Waals surface area contributed by atoms with E-state index in [-0.39, 0.29) is 12.4 Å². The Hall–Kier alpha value is -4.26. The Morgan fingerprint density at radius 2 is 1.66 bits per heavy atom. The number of amides is 2. The van der Waals surface area contributed by atoms with Crippen LogP contribution in [0.2, 0.25) is 0 Å². The van der Waals surface area contributed by atoms with Gasteiger partial charge in [-0.3, -0.25) is 9.59 Å². The molecular formula is C25H22N2O5. The average molecular weight is 430 g/mol. The Morgan fingerprint density at radius 1 is 0.906 bits per heavy atom. The normalized spacial score (nSPS) is 10.6. The number of carbonyl (C=O) groups is 2. The lowest BCUT2D eigenvalue weighted by molar-refractivity contribution is -0.118. The minimum absolute atomic E-state index is 0.0124. The van der Waals surface area contributed by atoms with Gasteiger partial charge >= 0.3 is 0 Å². The number of methoxy groups -OCH3 is 1. The van der Waals surface area contributed by atoms with Gasteiger partial charge in [0.05, 0.1) is 7.11 Å². The molecule has 0 aliphatic heterocycles. The van der Waals surface area contributed by atoms with Gasteiger partial charge in [-0.1, -0.05) is 36.4 Å². The molecule has 0 spiro atoms. The van der Waals surface area contributed by atoms with Gasteiger partial charge in [0.2, 0.25) is 5.76 Å². The molecule has 7 heteroatoms. The predicted octanol–water partition coefficient (Wildman–Crippen LogP) is 5.02. The number of furan rings is 1. The SMILES string of the molecule is COc1ccccc1OCC(=O)Nc1c(C(=O)Nc2cccc(C)c2)oc2ccccc12. The van der Waals surface area contributed by atoms with Gasteiger partial charge in [0.15, 0.2) is 18.1 Å². The molecule has 0 saturated carbocycles. The molecule has 2 amide bonds. The topological polar surface area (TPSA) is 89.8 Å². The number of carbonyl (C=O) groups excluding carboxylic acids is 2. The molecule has 0 unspecified atom stereocenters. The fourth-order valence-corrected chi connectivity index (χ4v) is 3.30. The molecule has 0 fully saturated rings. The number of anilines is 2. The van der Waals surface area contributed by atoms with E-state index in [0.29, 0.717) is 33.8 Å². The first-order valence-electron chi connectivity index (χ1n) is 10.0. The summed E-state index contributed by atoms with van der Waals surface area (Å²) in [4.78, 5) is 25.6. The predicted molar refractivity (Wildman–Crippen MR) is 122 cm³/mol. The zero-order valence-electron chi connectivity index (χ0n) is 17.7. The molecule has 0 atom stereocenters. The highest BCUT2D eigenvalue weighted by molar-refractivity contribution is 6.14. The summed E-state index contributed by atoms with van der Waals surface area (Å²) in [5.41, 5.74) is 2.42. The summed E-state index contributed by atoms with van der Waals surface area (Å²) in [5.74, 6) is 0.0741.